The number of fused-ring (bicyclic) bond motifs is 2. The molecule has 2 fully saturated rings. The van der Waals surface area contributed by atoms with Crippen molar-refractivity contribution in [1.29, 1.82) is 0 Å². The number of anilines is 1. The summed E-state index contributed by atoms with van der Waals surface area (Å²) in [5.74, 6) is 1.31. The normalized spacial score (nSPS) is 21.9. The molecule has 3 aromatic rings. The molecule has 0 bridgehead atoms. The molecule has 8 nitrogen and oxygen atoms in total. The van der Waals surface area contributed by atoms with Crippen molar-refractivity contribution in [2.75, 3.05) is 25.1 Å². The lowest BCUT2D eigenvalue weighted by molar-refractivity contribution is -0.119. The van der Waals surface area contributed by atoms with E-state index in [0.29, 0.717) is 12.3 Å². The van der Waals surface area contributed by atoms with E-state index >= 15 is 0 Å². The maximum Gasteiger partial charge on any atom is 0.220 e. The lowest BCUT2D eigenvalue weighted by Gasteiger charge is -2.20. The lowest BCUT2D eigenvalue weighted by Crippen LogP contribution is -2.32. The van der Waals surface area contributed by atoms with Crippen molar-refractivity contribution < 1.29 is 9.53 Å². The molecular formula is C18H18N6O2. The Morgan fingerprint density at radius 3 is 2.85 bits per heavy atom. The maximum atomic E-state index is 11.6. The molecule has 2 atom stereocenters. The van der Waals surface area contributed by atoms with Crippen LogP contribution in [0.1, 0.15) is 6.42 Å². The number of rotatable bonds is 3. The van der Waals surface area contributed by atoms with Gasteiger partial charge in [-0.15, -0.1) is 10.2 Å². The van der Waals surface area contributed by atoms with Crippen LogP contribution in [0.2, 0.25) is 0 Å². The van der Waals surface area contributed by atoms with Crippen molar-refractivity contribution in [2.24, 2.45) is 5.92 Å². The van der Waals surface area contributed by atoms with Crippen LogP contribution in [-0.4, -0.2) is 52.0 Å². The molecule has 0 unspecified atom stereocenters. The van der Waals surface area contributed by atoms with Crippen molar-refractivity contribution in [2.45, 2.75) is 12.5 Å². The fourth-order valence-electron chi connectivity index (χ4n) is 3.89. The highest BCUT2D eigenvalue weighted by atomic mass is 16.5. The molecule has 0 saturated carbocycles. The molecule has 132 valence electrons. The number of benzene rings is 1. The SMILES string of the molecule is COc1ccc(-c2cc(N3C[C@@H]4CC(=O)N[C@@H]4C3)c3nncn3n2)cc1. The number of carbonyl (C=O) groups is 1. The van der Waals surface area contributed by atoms with E-state index in [1.807, 2.05) is 24.3 Å². The number of nitrogens with zero attached hydrogens (tertiary/aromatic N) is 5. The van der Waals surface area contributed by atoms with E-state index in [-0.39, 0.29) is 11.9 Å². The molecule has 1 amide bonds. The summed E-state index contributed by atoms with van der Waals surface area (Å²) >= 11 is 0. The first-order valence-electron chi connectivity index (χ1n) is 8.61. The van der Waals surface area contributed by atoms with Crippen molar-refractivity contribution in [3.8, 4) is 17.0 Å². The van der Waals surface area contributed by atoms with Gasteiger partial charge in [-0.2, -0.15) is 9.61 Å². The highest BCUT2D eigenvalue weighted by molar-refractivity contribution is 5.81. The van der Waals surface area contributed by atoms with Crippen molar-refractivity contribution in [1.82, 2.24) is 25.1 Å². The molecule has 1 aromatic carbocycles. The predicted molar refractivity (Wildman–Crippen MR) is 95.0 cm³/mol. The first-order valence-corrected chi connectivity index (χ1v) is 8.61. The number of hydrogen-bond acceptors (Lipinski definition) is 6. The van der Waals surface area contributed by atoms with Crippen LogP contribution in [0.5, 0.6) is 5.75 Å². The molecular weight excluding hydrogens is 332 g/mol. The van der Waals surface area contributed by atoms with Crippen molar-refractivity contribution in [3.63, 3.8) is 0 Å². The van der Waals surface area contributed by atoms with E-state index in [2.05, 4.69) is 31.6 Å². The van der Waals surface area contributed by atoms with E-state index in [4.69, 9.17) is 4.74 Å². The van der Waals surface area contributed by atoms with E-state index in [0.717, 1.165) is 41.4 Å². The van der Waals surface area contributed by atoms with Gasteiger partial charge in [-0.1, -0.05) is 0 Å². The van der Waals surface area contributed by atoms with Gasteiger partial charge in [-0.25, -0.2) is 0 Å². The third-order valence-electron chi connectivity index (χ3n) is 5.21. The average molecular weight is 350 g/mol. The van der Waals surface area contributed by atoms with Crippen LogP contribution in [-0.2, 0) is 4.79 Å². The van der Waals surface area contributed by atoms with Crippen LogP contribution in [0.15, 0.2) is 36.7 Å². The predicted octanol–water partition coefficient (Wildman–Crippen LogP) is 1.12. The summed E-state index contributed by atoms with van der Waals surface area (Å²) in [7, 11) is 1.65. The van der Waals surface area contributed by atoms with E-state index in [1.54, 1.807) is 18.0 Å². The Bertz CT molecular complexity index is 967. The van der Waals surface area contributed by atoms with Gasteiger partial charge in [0.25, 0.3) is 0 Å². The number of ether oxygens (including phenoxy) is 1. The van der Waals surface area contributed by atoms with Gasteiger partial charge >= 0.3 is 0 Å². The van der Waals surface area contributed by atoms with Crippen LogP contribution in [0.25, 0.3) is 16.9 Å². The quantitative estimate of drug-likeness (QED) is 0.762. The third kappa shape index (κ3) is 2.37. The summed E-state index contributed by atoms with van der Waals surface area (Å²) in [6.45, 7) is 1.61. The zero-order chi connectivity index (χ0) is 17.7. The first-order chi connectivity index (χ1) is 12.7. The number of nitrogens with one attached hydrogen (secondary N) is 1. The molecule has 2 saturated heterocycles. The number of aromatic nitrogens is 4. The minimum absolute atomic E-state index is 0.154. The number of hydrogen-bond donors (Lipinski definition) is 1. The van der Waals surface area contributed by atoms with E-state index < -0.39 is 0 Å². The third-order valence-corrected chi connectivity index (χ3v) is 5.21. The summed E-state index contributed by atoms with van der Waals surface area (Å²) in [6.07, 6.45) is 2.21. The Hall–Kier alpha value is -3.16. The average Bonchev–Trinajstić information content (AvgIpc) is 3.35. The Labute approximate surface area is 149 Å². The molecule has 4 heterocycles. The van der Waals surface area contributed by atoms with Gasteiger partial charge in [0, 0.05) is 31.0 Å². The molecule has 26 heavy (non-hydrogen) atoms. The van der Waals surface area contributed by atoms with Gasteiger partial charge in [0.2, 0.25) is 11.6 Å². The van der Waals surface area contributed by atoms with Gasteiger partial charge in [0.15, 0.2) is 0 Å². The second-order valence-corrected chi connectivity index (χ2v) is 6.79. The zero-order valence-corrected chi connectivity index (χ0v) is 14.3. The van der Waals surface area contributed by atoms with Gasteiger partial charge in [-0.3, -0.25) is 4.79 Å². The topological polar surface area (TPSA) is 84.6 Å². The molecule has 2 aliphatic rings. The Kier molecular flexibility index (Phi) is 3.31. The van der Waals surface area contributed by atoms with E-state index in [9.17, 15) is 4.79 Å². The summed E-state index contributed by atoms with van der Waals surface area (Å²) in [6, 6.07) is 10.1. The highest BCUT2D eigenvalue weighted by Crippen LogP contribution is 2.33. The smallest absolute Gasteiger partial charge is 0.220 e. The summed E-state index contributed by atoms with van der Waals surface area (Å²) in [4.78, 5) is 13.9. The fraction of sp³-hybridized carbons (Fsp3) is 0.333. The van der Waals surface area contributed by atoms with Crippen LogP contribution in [0.4, 0.5) is 5.69 Å². The van der Waals surface area contributed by atoms with Crippen molar-refractivity contribution in [3.05, 3.63) is 36.7 Å². The fourth-order valence-corrected chi connectivity index (χ4v) is 3.89. The Morgan fingerprint density at radius 1 is 1.23 bits per heavy atom. The Balaban J connectivity index is 1.54. The minimum atomic E-state index is 0.154. The second kappa shape index (κ2) is 5.69. The molecule has 5 rings (SSSR count). The van der Waals surface area contributed by atoms with Crippen LogP contribution < -0.4 is 15.0 Å². The highest BCUT2D eigenvalue weighted by Gasteiger charge is 2.40. The van der Waals surface area contributed by atoms with Crippen molar-refractivity contribution >= 4 is 17.2 Å². The van der Waals surface area contributed by atoms with Gasteiger partial charge in [-0.05, 0) is 30.3 Å². The molecule has 2 aromatic heterocycles. The maximum absolute atomic E-state index is 11.6. The van der Waals surface area contributed by atoms with Gasteiger partial charge in [0.05, 0.1) is 24.5 Å². The molecule has 0 radical (unpaired) electrons. The molecule has 2 aliphatic heterocycles. The van der Waals surface area contributed by atoms with Gasteiger partial charge in [0.1, 0.15) is 12.1 Å². The van der Waals surface area contributed by atoms with Crippen LogP contribution in [0, 0.1) is 5.92 Å². The number of methoxy groups -OCH3 is 1. The number of carbonyl (C=O) groups excluding carboxylic acids is 1. The van der Waals surface area contributed by atoms with Crippen LogP contribution >= 0.6 is 0 Å². The minimum Gasteiger partial charge on any atom is -0.497 e. The van der Waals surface area contributed by atoms with Gasteiger partial charge < -0.3 is 15.0 Å². The standard InChI is InChI=1S/C18H18N6O2/c1-26-13-4-2-11(3-5-13)14-7-16(18-21-19-10-24(18)22-14)23-8-12-6-17(25)20-15(12)9-23/h2-5,7,10,12,15H,6,8-9H2,1H3,(H,20,25)/t12-,15+/m0/s1. The lowest BCUT2D eigenvalue weighted by atomic mass is 10.1. The summed E-state index contributed by atoms with van der Waals surface area (Å²) in [5.41, 5.74) is 3.56. The zero-order valence-electron chi connectivity index (χ0n) is 14.3. The monoisotopic (exact) mass is 350 g/mol. The molecule has 1 N–H and O–H groups in total. The molecule has 8 heteroatoms. The Morgan fingerprint density at radius 2 is 2.08 bits per heavy atom. The number of amides is 1. The molecule has 0 spiro atoms. The van der Waals surface area contributed by atoms with Crippen LogP contribution in [0.3, 0.4) is 0 Å². The van der Waals surface area contributed by atoms with E-state index in [1.165, 1.54) is 0 Å². The summed E-state index contributed by atoms with van der Waals surface area (Å²) < 4.78 is 6.94. The molecule has 0 aliphatic carbocycles. The largest absolute Gasteiger partial charge is 0.497 e. The summed E-state index contributed by atoms with van der Waals surface area (Å²) in [5, 5.41) is 15.9. The first kappa shape index (κ1) is 15.1. The second-order valence-electron chi connectivity index (χ2n) is 6.79.